The average Bonchev–Trinajstić information content (AvgIpc) is 2.17. The second-order valence-corrected chi connectivity index (χ2v) is 4.05. The summed E-state index contributed by atoms with van der Waals surface area (Å²) in [5.74, 6) is -0.672. The number of aliphatic carboxylic acids is 1. The maximum Gasteiger partial charge on any atom is 0.303 e. The standard InChI is InChI=1S/C12H25NO2/c1-3-9-13(10-4-2)11-7-5-6-8-12(14)15/h3-11H2,1-2H3,(H,14,15). The smallest absolute Gasteiger partial charge is 0.303 e. The van der Waals surface area contributed by atoms with Gasteiger partial charge in [0.2, 0.25) is 0 Å². The van der Waals surface area contributed by atoms with Crippen LogP contribution < -0.4 is 0 Å². The van der Waals surface area contributed by atoms with Crippen molar-refractivity contribution < 1.29 is 9.90 Å². The van der Waals surface area contributed by atoms with E-state index in [0.717, 1.165) is 25.8 Å². The highest BCUT2D eigenvalue weighted by atomic mass is 16.4. The molecule has 1 N–H and O–H groups in total. The van der Waals surface area contributed by atoms with Gasteiger partial charge in [-0.2, -0.15) is 0 Å². The molecule has 0 saturated heterocycles. The predicted octanol–water partition coefficient (Wildman–Crippen LogP) is 2.75. The van der Waals surface area contributed by atoms with Crippen LogP contribution in [-0.4, -0.2) is 35.6 Å². The van der Waals surface area contributed by atoms with Crippen molar-refractivity contribution in [3.05, 3.63) is 0 Å². The number of hydrogen-bond acceptors (Lipinski definition) is 2. The van der Waals surface area contributed by atoms with E-state index in [1.54, 1.807) is 0 Å². The van der Waals surface area contributed by atoms with Gasteiger partial charge in [-0.1, -0.05) is 20.3 Å². The summed E-state index contributed by atoms with van der Waals surface area (Å²) in [6.07, 6.45) is 5.72. The third-order valence-electron chi connectivity index (χ3n) is 2.44. The molecule has 0 heterocycles. The number of carboxylic acid groups (broad SMARTS) is 1. The zero-order valence-electron chi connectivity index (χ0n) is 10.2. The van der Waals surface area contributed by atoms with Crippen LogP contribution in [0.2, 0.25) is 0 Å². The first kappa shape index (κ1) is 14.4. The summed E-state index contributed by atoms with van der Waals surface area (Å²) in [7, 11) is 0. The maximum absolute atomic E-state index is 10.3. The highest BCUT2D eigenvalue weighted by Crippen LogP contribution is 2.03. The second kappa shape index (κ2) is 9.97. The summed E-state index contributed by atoms with van der Waals surface area (Å²) in [4.78, 5) is 12.8. The summed E-state index contributed by atoms with van der Waals surface area (Å²) in [5.41, 5.74) is 0. The minimum atomic E-state index is -0.672. The lowest BCUT2D eigenvalue weighted by Gasteiger charge is -2.20. The summed E-state index contributed by atoms with van der Waals surface area (Å²) < 4.78 is 0. The number of hydrogen-bond donors (Lipinski definition) is 1. The molecule has 3 nitrogen and oxygen atoms in total. The Morgan fingerprint density at radius 1 is 1.00 bits per heavy atom. The van der Waals surface area contributed by atoms with Crippen LogP contribution in [0.1, 0.15) is 52.4 Å². The topological polar surface area (TPSA) is 40.5 Å². The Morgan fingerprint density at radius 2 is 1.60 bits per heavy atom. The molecule has 0 aliphatic rings. The highest BCUT2D eigenvalue weighted by Gasteiger charge is 2.02. The van der Waals surface area contributed by atoms with Crippen LogP contribution >= 0.6 is 0 Å². The van der Waals surface area contributed by atoms with Crippen LogP contribution in [0.5, 0.6) is 0 Å². The Balaban J connectivity index is 3.39. The zero-order valence-corrected chi connectivity index (χ0v) is 10.2. The van der Waals surface area contributed by atoms with Crippen molar-refractivity contribution >= 4 is 5.97 Å². The summed E-state index contributed by atoms with van der Waals surface area (Å²) in [5, 5.41) is 8.48. The van der Waals surface area contributed by atoms with E-state index in [1.165, 1.54) is 25.9 Å². The molecule has 0 rings (SSSR count). The van der Waals surface area contributed by atoms with Crippen molar-refractivity contribution in [2.24, 2.45) is 0 Å². The number of nitrogens with zero attached hydrogens (tertiary/aromatic N) is 1. The minimum absolute atomic E-state index is 0.321. The fourth-order valence-corrected chi connectivity index (χ4v) is 1.76. The molecule has 0 aliphatic carbocycles. The van der Waals surface area contributed by atoms with Gasteiger partial charge in [-0.05, 0) is 45.3 Å². The first-order chi connectivity index (χ1) is 7.20. The summed E-state index contributed by atoms with van der Waals surface area (Å²) in [6, 6.07) is 0. The number of carboxylic acids is 1. The van der Waals surface area contributed by atoms with Crippen molar-refractivity contribution in [3.63, 3.8) is 0 Å². The molecule has 0 saturated carbocycles. The molecular weight excluding hydrogens is 190 g/mol. The van der Waals surface area contributed by atoms with Crippen LogP contribution in [0.25, 0.3) is 0 Å². The molecule has 0 fully saturated rings. The average molecular weight is 215 g/mol. The predicted molar refractivity (Wildman–Crippen MR) is 63.1 cm³/mol. The van der Waals surface area contributed by atoms with Crippen molar-refractivity contribution in [2.75, 3.05) is 19.6 Å². The molecule has 0 spiro atoms. The molecule has 0 aliphatic heterocycles. The Kier molecular flexibility index (Phi) is 9.59. The van der Waals surface area contributed by atoms with E-state index in [1.807, 2.05) is 0 Å². The summed E-state index contributed by atoms with van der Waals surface area (Å²) in [6.45, 7) is 7.88. The van der Waals surface area contributed by atoms with E-state index in [-0.39, 0.29) is 0 Å². The zero-order chi connectivity index (χ0) is 11.5. The van der Waals surface area contributed by atoms with Crippen molar-refractivity contribution in [1.82, 2.24) is 4.90 Å². The minimum Gasteiger partial charge on any atom is -0.481 e. The normalized spacial score (nSPS) is 10.9. The van der Waals surface area contributed by atoms with Crippen LogP contribution in [0, 0.1) is 0 Å². The Labute approximate surface area is 93.5 Å². The number of unbranched alkanes of at least 4 members (excludes halogenated alkanes) is 2. The van der Waals surface area contributed by atoms with Gasteiger partial charge in [-0.15, -0.1) is 0 Å². The lowest BCUT2D eigenvalue weighted by molar-refractivity contribution is -0.137. The molecule has 0 aromatic rings. The van der Waals surface area contributed by atoms with Gasteiger partial charge >= 0.3 is 5.97 Å². The molecule has 15 heavy (non-hydrogen) atoms. The third-order valence-corrected chi connectivity index (χ3v) is 2.44. The van der Waals surface area contributed by atoms with Gasteiger partial charge in [0.1, 0.15) is 0 Å². The quantitative estimate of drug-likeness (QED) is 0.570. The number of carbonyl (C=O) groups is 1. The Hall–Kier alpha value is -0.570. The molecule has 0 amide bonds. The van der Waals surface area contributed by atoms with Crippen molar-refractivity contribution in [2.45, 2.75) is 52.4 Å². The Morgan fingerprint density at radius 3 is 2.07 bits per heavy atom. The largest absolute Gasteiger partial charge is 0.481 e. The van der Waals surface area contributed by atoms with Gasteiger partial charge in [0, 0.05) is 6.42 Å². The van der Waals surface area contributed by atoms with E-state index in [4.69, 9.17) is 5.11 Å². The van der Waals surface area contributed by atoms with Gasteiger partial charge in [0.15, 0.2) is 0 Å². The molecule has 0 radical (unpaired) electrons. The number of rotatable bonds is 10. The molecule has 0 unspecified atom stereocenters. The van der Waals surface area contributed by atoms with Crippen LogP contribution in [0.3, 0.4) is 0 Å². The molecule has 0 bridgehead atoms. The SMILES string of the molecule is CCCN(CCC)CCCCCC(=O)O. The molecule has 3 heteroatoms. The van der Waals surface area contributed by atoms with Crippen molar-refractivity contribution in [1.29, 1.82) is 0 Å². The fraction of sp³-hybridized carbons (Fsp3) is 0.917. The molecule has 0 atom stereocenters. The van der Waals surface area contributed by atoms with Gasteiger partial charge in [-0.25, -0.2) is 0 Å². The first-order valence-corrected chi connectivity index (χ1v) is 6.14. The van der Waals surface area contributed by atoms with E-state index in [9.17, 15) is 4.79 Å². The van der Waals surface area contributed by atoms with Crippen LogP contribution in [0.15, 0.2) is 0 Å². The molecule has 0 aromatic heterocycles. The molecular formula is C12H25NO2. The fourth-order valence-electron chi connectivity index (χ4n) is 1.76. The van der Waals surface area contributed by atoms with Gasteiger partial charge in [0.05, 0.1) is 0 Å². The molecule has 90 valence electrons. The van der Waals surface area contributed by atoms with E-state index >= 15 is 0 Å². The lowest BCUT2D eigenvalue weighted by Crippen LogP contribution is -2.26. The van der Waals surface area contributed by atoms with Crippen LogP contribution in [0.4, 0.5) is 0 Å². The van der Waals surface area contributed by atoms with Crippen LogP contribution in [-0.2, 0) is 4.79 Å². The molecule has 0 aromatic carbocycles. The third kappa shape index (κ3) is 9.73. The van der Waals surface area contributed by atoms with Crippen molar-refractivity contribution in [3.8, 4) is 0 Å². The van der Waals surface area contributed by atoms with E-state index in [0.29, 0.717) is 6.42 Å². The van der Waals surface area contributed by atoms with Gasteiger partial charge < -0.3 is 10.0 Å². The first-order valence-electron chi connectivity index (χ1n) is 6.14. The Bertz CT molecular complexity index is 154. The highest BCUT2D eigenvalue weighted by molar-refractivity contribution is 5.66. The van der Waals surface area contributed by atoms with Gasteiger partial charge in [0.25, 0.3) is 0 Å². The van der Waals surface area contributed by atoms with E-state index in [2.05, 4.69) is 18.7 Å². The monoisotopic (exact) mass is 215 g/mol. The second-order valence-electron chi connectivity index (χ2n) is 4.05. The maximum atomic E-state index is 10.3. The van der Waals surface area contributed by atoms with E-state index < -0.39 is 5.97 Å². The summed E-state index contributed by atoms with van der Waals surface area (Å²) >= 11 is 0. The van der Waals surface area contributed by atoms with Gasteiger partial charge in [-0.3, -0.25) is 4.79 Å². The lowest BCUT2D eigenvalue weighted by atomic mass is 10.2.